The number of nitrogens with one attached hydrogen (secondary N) is 1. The molecule has 0 aromatic heterocycles. The van der Waals surface area contributed by atoms with E-state index in [-0.39, 0.29) is 0 Å². The Bertz CT molecular complexity index is 528. The molecule has 1 saturated carbocycles. The molecule has 0 heterocycles. The highest BCUT2D eigenvalue weighted by Crippen LogP contribution is 2.29. The predicted octanol–water partition coefficient (Wildman–Crippen LogP) is 4.23. The summed E-state index contributed by atoms with van der Waals surface area (Å²) in [5.41, 5.74) is 4.13. The van der Waals surface area contributed by atoms with E-state index >= 15 is 0 Å². The van der Waals surface area contributed by atoms with Gasteiger partial charge in [0.15, 0.2) is 0 Å². The molecule has 1 heteroatoms. The highest BCUT2D eigenvalue weighted by atomic mass is 15.0. The minimum Gasteiger partial charge on any atom is -0.303 e. The normalized spacial score (nSPS) is 16.9. The van der Waals surface area contributed by atoms with E-state index in [0.29, 0.717) is 12.1 Å². The van der Waals surface area contributed by atoms with Gasteiger partial charge in [-0.2, -0.15) is 0 Å². The van der Waals surface area contributed by atoms with Gasteiger partial charge in [-0.3, -0.25) is 0 Å². The zero-order valence-corrected chi connectivity index (χ0v) is 11.5. The second kappa shape index (κ2) is 5.58. The summed E-state index contributed by atoms with van der Waals surface area (Å²) >= 11 is 0. The summed E-state index contributed by atoms with van der Waals surface area (Å²) in [6.45, 7) is 2.20. The summed E-state index contributed by atoms with van der Waals surface area (Å²) in [7, 11) is 0. The van der Waals surface area contributed by atoms with Crippen molar-refractivity contribution in [3.63, 3.8) is 0 Å². The summed E-state index contributed by atoms with van der Waals surface area (Å²) in [5.74, 6) is 0. The molecule has 0 saturated heterocycles. The molecule has 1 unspecified atom stereocenters. The third-order valence-corrected chi connectivity index (χ3v) is 4.14. The summed E-state index contributed by atoms with van der Waals surface area (Å²) in [4.78, 5) is 0. The fourth-order valence-corrected chi connectivity index (χ4v) is 2.73. The SMILES string of the molecule is Cc1ccccc1C(NC1CCC1)c1ccccc1. The van der Waals surface area contributed by atoms with Crippen LogP contribution in [0.2, 0.25) is 0 Å². The Kier molecular flexibility index (Phi) is 3.65. The van der Waals surface area contributed by atoms with Crippen molar-refractivity contribution in [2.45, 2.75) is 38.3 Å². The van der Waals surface area contributed by atoms with Gasteiger partial charge in [-0.1, -0.05) is 61.0 Å². The monoisotopic (exact) mass is 251 g/mol. The summed E-state index contributed by atoms with van der Waals surface area (Å²) in [5, 5.41) is 3.83. The Balaban J connectivity index is 1.94. The topological polar surface area (TPSA) is 12.0 Å². The Labute approximate surface area is 115 Å². The third kappa shape index (κ3) is 2.71. The molecule has 3 rings (SSSR count). The van der Waals surface area contributed by atoms with Crippen molar-refractivity contribution in [2.24, 2.45) is 0 Å². The number of aryl methyl sites for hydroxylation is 1. The average Bonchev–Trinajstić information content (AvgIpc) is 2.40. The Morgan fingerprint density at radius 3 is 2.26 bits per heavy atom. The fraction of sp³-hybridized carbons (Fsp3) is 0.333. The quantitative estimate of drug-likeness (QED) is 0.857. The zero-order chi connectivity index (χ0) is 13.1. The predicted molar refractivity (Wildman–Crippen MR) is 80.2 cm³/mol. The highest BCUT2D eigenvalue weighted by molar-refractivity contribution is 5.36. The van der Waals surface area contributed by atoms with Crippen LogP contribution < -0.4 is 5.32 Å². The second-order valence-electron chi connectivity index (χ2n) is 5.49. The Hall–Kier alpha value is -1.60. The molecule has 0 radical (unpaired) electrons. The van der Waals surface area contributed by atoms with Crippen molar-refractivity contribution in [1.29, 1.82) is 0 Å². The molecule has 2 aromatic rings. The van der Waals surface area contributed by atoms with Gasteiger partial charge in [0.25, 0.3) is 0 Å². The van der Waals surface area contributed by atoms with Crippen LogP contribution >= 0.6 is 0 Å². The number of hydrogen-bond acceptors (Lipinski definition) is 1. The van der Waals surface area contributed by atoms with Crippen molar-refractivity contribution < 1.29 is 0 Å². The maximum atomic E-state index is 3.83. The van der Waals surface area contributed by atoms with Crippen LogP contribution in [0.15, 0.2) is 54.6 Å². The van der Waals surface area contributed by atoms with Gasteiger partial charge < -0.3 is 5.32 Å². The van der Waals surface area contributed by atoms with E-state index in [9.17, 15) is 0 Å². The van der Waals surface area contributed by atoms with Crippen LogP contribution in [-0.2, 0) is 0 Å². The van der Waals surface area contributed by atoms with Crippen molar-refractivity contribution in [2.75, 3.05) is 0 Å². The summed E-state index contributed by atoms with van der Waals surface area (Å²) in [6.07, 6.45) is 4.00. The second-order valence-corrected chi connectivity index (χ2v) is 5.49. The zero-order valence-electron chi connectivity index (χ0n) is 11.5. The van der Waals surface area contributed by atoms with Gasteiger partial charge in [0, 0.05) is 6.04 Å². The molecule has 1 fully saturated rings. The van der Waals surface area contributed by atoms with Crippen LogP contribution in [0.3, 0.4) is 0 Å². The van der Waals surface area contributed by atoms with Crippen LogP contribution in [-0.4, -0.2) is 6.04 Å². The molecular formula is C18H21N. The van der Waals surface area contributed by atoms with E-state index in [2.05, 4.69) is 66.8 Å². The lowest BCUT2D eigenvalue weighted by molar-refractivity contribution is 0.320. The molecule has 0 aliphatic heterocycles. The molecule has 1 atom stereocenters. The maximum Gasteiger partial charge on any atom is 0.0581 e. The fourth-order valence-electron chi connectivity index (χ4n) is 2.73. The van der Waals surface area contributed by atoms with Gasteiger partial charge in [-0.25, -0.2) is 0 Å². The third-order valence-electron chi connectivity index (χ3n) is 4.14. The lowest BCUT2D eigenvalue weighted by Crippen LogP contribution is -2.38. The Morgan fingerprint density at radius 1 is 0.947 bits per heavy atom. The molecule has 1 aliphatic rings. The lowest BCUT2D eigenvalue weighted by Gasteiger charge is -2.32. The average molecular weight is 251 g/mol. The van der Waals surface area contributed by atoms with Crippen molar-refractivity contribution in [3.8, 4) is 0 Å². The molecule has 1 aliphatic carbocycles. The maximum absolute atomic E-state index is 3.83. The molecule has 2 aromatic carbocycles. The Morgan fingerprint density at radius 2 is 1.63 bits per heavy atom. The van der Waals surface area contributed by atoms with Gasteiger partial charge >= 0.3 is 0 Å². The van der Waals surface area contributed by atoms with Crippen LogP contribution in [0.5, 0.6) is 0 Å². The summed E-state index contributed by atoms with van der Waals surface area (Å²) in [6, 6.07) is 20.5. The first-order chi connectivity index (χ1) is 9.34. The van der Waals surface area contributed by atoms with E-state index < -0.39 is 0 Å². The van der Waals surface area contributed by atoms with Crippen molar-refractivity contribution >= 4 is 0 Å². The molecule has 0 bridgehead atoms. The molecular weight excluding hydrogens is 230 g/mol. The van der Waals surface area contributed by atoms with E-state index in [4.69, 9.17) is 0 Å². The first-order valence-corrected chi connectivity index (χ1v) is 7.21. The van der Waals surface area contributed by atoms with Gasteiger partial charge in [0.05, 0.1) is 6.04 Å². The van der Waals surface area contributed by atoms with E-state index in [1.807, 2.05) is 0 Å². The highest BCUT2D eigenvalue weighted by Gasteiger charge is 2.23. The van der Waals surface area contributed by atoms with Crippen molar-refractivity contribution in [1.82, 2.24) is 5.32 Å². The van der Waals surface area contributed by atoms with Gasteiger partial charge in [0.2, 0.25) is 0 Å². The smallest absolute Gasteiger partial charge is 0.0581 e. The van der Waals surface area contributed by atoms with Gasteiger partial charge in [-0.15, -0.1) is 0 Å². The van der Waals surface area contributed by atoms with E-state index in [1.54, 1.807) is 0 Å². The van der Waals surface area contributed by atoms with E-state index in [0.717, 1.165) is 0 Å². The van der Waals surface area contributed by atoms with Gasteiger partial charge in [-0.05, 0) is 36.5 Å². The molecule has 0 amide bonds. The van der Waals surface area contributed by atoms with Crippen molar-refractivity contribution in [3.05, 3.63) is 71.3 Å². The first kappa shape index (κ1) is 12.4. The molecule has 1 N–H and O–H groups in total. The van der Waals surface area contributed by atoms with Crippen LogP contribution in [0.1, 0.15) is 42.0 Å². The van der Waals surface area contributed by atoms with Gasteiger partial charge in [0.1, 0.15) is 0 Å². The number of benzene rings is 2. The van der Waals surface area contributed by atoms with Crippen LogP contribution in [0, 0.1) is 6.92 Å². The number of rotatable bonds is 4. The molecule has 98 valence electrons. The minimum atomic E-state index is 0.327. The van der Waals surface area contributed by atoms with E-state index in [1.165, 1.54) is 36.0 Å². The molecule has 0 spiro atoms. The minimum absolute atomic E-state index is 0.327. The summed E-state index contributed by atoms with van der Waals surface area (Å²) < 4.78 is 0. The largest absolute Gasteiger partial charge is 0.303 e. The van der Waals surface area contributed by atoms with Crippen LogP contribution in [0.25, 0.3) is 0 Å². The standard InChI is InChI=1S/C18H21N/c1-14-8-5-6-13-17(14)18(19-16-11-7-12-16)15-9-3-2-4-10-15/h2-6,8-10,13,16,18-19H,7,11-12H2,1H3. The lowest BCUT2D eigenvalue weighted by atomic mass is 9.88. The van der Waals surface area contributed by atoms with Crippen LogP contribution in [0.4, 0.5) is 0 Å². The number of hydrogen-bond donors (Lipinski definition) is 1. The first-order valence-electron chi connectivity index (χ1n) is 7.21. The molecule has 1 nitrogen and oxygen atoms in total. The molecule has 19 heavy (non-hydrogen) atoms.